The van der Waals surface area contributed by atoms with E-state index < -0.39 is 0 Å². The lowest BCUT2D eigenvalue weighted by Gasteiger charge is -2.26. The molecule has 1 N–H and O–H groups in total. The number of piperidine rings is 1. The summed E-state index contributed by atoms with van der Waals surface area (Å²) in [5, 5.41) is 4.51. The maximum absolute atomic E-state index is 3.51. The first-order chi connectivity index (χ1) is 6.95. The van der Waals surface area contributed by atoms with Crippen LogP contribution in [0.2, 0.25) is 0 Å². The fourth-order valence-electron chi connectivity index (χ4n) is 2.57. The van der Waals surface area contributed by atoms with Gasteiger partial charge in [0.05, 0.1) is 0 Å². The molecular formula is C12H23NS. The molecule has 0 bridgehead atoms. The Morgan fingerprint density at radius 2 is 1.86 bits per heavy atom. The summed E-state index contributed by atoms with van der Waals surface area (Å²) in [5.41, 5.74) is 0. The van der Waals surface area contributed by atoms with Gasteiger partial charge in [-0.15, -0.1) is 0 Å². The maximum atomic E-state index is 3.51. The fourth-order valence-corrected chi connectivity index (χ4v) is 4.07. The van der Waals surface area contributed by atoms with Crippen LogP contribution in [0.1, 0.15) is 44.9 Å². The summed E-state index contributed by atoms with van der Waals surface area (Å²) in [4.78, 5) is 0. The summed E-state index contributed by atoms with van der Waals surface area (Å²) < 4.78 is 0. The molecule has 0 unspecified atom stereocenters. The molecular weight excluding hydrogens is 190 g/mol. The maximum Gasteiger partial charge on any atom is 0.00471 e. The van der Waals surface area contributed by atoms with Crippen LogP contribution in [-0.2, 0) is 0 Å². The predicted octanol–water partition coefficient (Wildman–Crippen LogP) is 3.05. The van der Waals surface area contributed by atoms with E-state index in [4.69, 9.17) is 0 Å². The first-order valence-corrected chi connectivity index (χ1v) is 7.32. The molecule has 1 saturated carbocycles. The average Bonchev–Trinajstić information content (AvgIpc) is 2.29. The van der Waals surface area contributed by atoms with Gasteiger partial charge in [0.2, 0.25) is 0 Å². The third-order valence-corrected chi connectivity index (χ3v) is 5.13. The van der Waals surface area contributed by atoms with Crippen molar-refractivity contribution in [3.05, 3.63) is 0 Å². The molecule has 1 aliphatic carbocycles. The van der Waals surface area contributed by atoms with E-state index in [9.17, 15) is 0 Å². The SMILES string of the molecule is C1CCC(SC[C@H]2CCCNC2)CC1. The summed E-state index contributed by atoms with van der Waals surface area (Å²) in [6.45, 7) is 2.53. The number of hydrogen-bond acceptors (Lipinski definition) is 2. The summed E-state index contributed by atoms with van der Waals surface area (Å²) in [6, 6.07) is 0. The van der Waals surface area contributed by atoms with Crippen molar-refractivity contribution in [2.75, 3.05) is 18.8 Å². The molecule has 0 aromatic rings. The van der Waals surface area contributed by atoms with Gasteiger partial charge in [0.15, 0.2) is 0 Å². The van der Waals surface area contributed by atoms with Gasteiger partial charge in [0, 0.05) is 5.25 Å². The zero-order chi connectivity index (χ0) is 9.64. The minimum Gasteiger partial charge on any atom is -0.316 e. The third kappa shape index (κ3) is 3.47. The molecule has 0 radical (unpaired) electrons. The van der Waals surface area contributed by atoms with Crippen molar-refractivity contribution >= 4 is 11.8 Å². The van der Waals surface area contributed by atoms with Crippen LogP contribution in [0.4, 0.5) is 0 Å². The molecule has 14 heavy (non-hydrogen) atoms. The van der Waals surface area contributed by atoms with Crippen LogP contribution >= 0.6 is 11.8 Å². The molecule has 2 fully saturated rings. The van der Waals surface area contributed by atoms with E-state index in [0.717, 1.165) is 11.2 Å². The average molecular weight is 213 g/mol. The van der Waals surface area contributed by atoms with E-state index in [-0.39, 0.29) is 0 Å². The Kier molecular flexibility index (Phi) is 4.65. The second-order valence-corrected chi connectivity index (χ2v) is 6.14. The first kappa shape index (κ1) is 10.8. The zero-order valence-corrected chi connectivity index (χ0v) is 9.95. The highest BCUT2D eigenvalue weighted by Crippen LogP contribution is 2.30. The monoisotopic (exact) mass is 213 g/mol. The van der Waals surface area contributed by atoms with Gasteiger partial charge in [-0.2, -0.15) is 11.8 Å². The van der Waals surface area contributed by atoms with E-state index in [0.29, 0.717) is 0 Å². The lowest BCUT2D eigenvalue weighted by molar-refractivity contribution is 0.409. The molecule has 1 nitrogen and oxygen atoms in total. The highest BCUT2D eigenvalue weighted by molar-refractivity contribution is 7.99. The fraction of sp³-hybridized carbons (Fsp3) is 1.00. The van der Waals surface area contributed by atoms with Crippen molar-refractivity contribution in [3.8, 4) is 0 Å². The van der Waals surface area contributed by atoms with E-state index in [1.807, 2.05) is 0 Å². The largest absolute Gasteiger partial charge is 0.316 e. The number of nitrogens with one attached hydrogen (secondary N) is 1. The molecule has 2 heteroatoms. The Bertz CT molecular complexity index is 130. The van der Waals surface area contributed by atoms with Gasteiger partial charge < -0.3 is 5.32 Å². The Morgan fingerprint density at radius 1 is 1.00 bits per heavy atom. The molecule has 82 valence electrons. The normalized spacial score (nSPS) is 30.4. The first-order valence-electron chi connectivity index (χ1n) is 6.27. The highest BCUT2D eigenvalue weighted by atomic mass is 32.2. The summed E-state index contributed by atoms with van der Waals surface area (Å²) in [7, 11) is 0. The molecule has 0 aromatic heterocycles. The molecule has 0 amide bonds. The quantitative estimate of drug-likeness (QED) is 0.773. The lowest BCUT2D eigenvalue weighted by Crippen LogP contribution is -2.31. The van der Waals surface area contributed by atoms with Crippen LogP contribution in [0, 0.1) is 5.92 Å². The highest BCUT2D eigenvalue weighted by Gasteiger charge is 2.17. The Hall–Kier alpha value is 0.310. The Balaban J connectivity index is 1.60. The second-order valence-electron chi connectivity index (χ2n) is 4.81. The third-order valence-electron chi connectivity index (χ3n) is 3.52. The minimum absolute atomic E-state index is 0.968. The van der Waals surface area contributed by atoms with E-state index in [1.54, 1.807) is 0 Å². The van der Waals surface area contributed by atoms with Gasteiger partial charge in [-0.05, 0) is 50.4 Å². The van der Waals surface area contributed by atoms with Crippen LogP contribution in [0.3, 0.4) is 0 Å². The topological polar surface area (TPSA) is 12.0 Å². The lowest BCUT2D eigenvalue weighted by atomic mass is 10.0. The van der Waals surface area contributed by atoms with Crippen LogP contribution in [0.5, 0.6) is 0 Å². The van der Waals surface area contributed by atoms with Crippen LogP contribution in [0.15, 0.2) is 0 Å². The van der Waals surface area contributed by atoms with Crippen molar-refractivity contribution in [2.24, 2.45) is 5.92 Å². The van der Waals surface area contributed by atoms with Crippen molar-refractivity contribution in [1.29, 1.82) is 0 Å². The van der Waals surface area contributed by atoms with E-state index in [1.165, 1.54) is 63.8 Å². The van der Waals surface area contributed by atoms with Crippen molar-refractivity contribution in [3.63, 3.8) is 0 Å². The Morgan fingerprint density at radius 3 is 2.57 bits per heavy atom. The van der Waals surface area contributed by atoms with Crippen LogP contribution in [-0.4, -0.2) is 24.1 Å². The summed E-state index contributed by atoms with van der Waals surface area (Å²) in [5.74, 6) is 2.38. The van der Waals surface area contributed by atoms with Gasteiger partial charge >= 0.3 is 0 Å². The smallest absolute Gasteiger partial charge is 0.00471 e. The Labute approximate surface area is 92.4 Å². The number of thioether (sulfide) groups is 1. The molecule has 1 heterocycles. The van der Waals surface area contributed by atoms with Gasteiger partial charge in [0.1, 0.15) is 0 Å². The molecule has 0 spiro atoms. The van der Waals surface area contributed by atoms with Crippen molar-refractivity contribution in [2.45, 2.75) is 50.2 Å². The molecule has 2 rings (SSSR count). The predicted molar refractivity (Wildman–Crippen MR) is 64.9 cm³/mol. The zero-order valence-electron chi connectivity index (χ0n) is 9.13. The molecule has 2 aliphatic rings. The standard InChI is InChI=1S/C12H23NS/c1-2-6-12(7-3-1)14-10-11-5-4-8-13-9-11/h11-13H,1-10H2/t11-/m0/s1. The minimum atomic E-state index is 0.968. The molecule has 1 saturated heterocycles. The van der Waals surface area contributed by atoms with E-state index >= 15 is 0 Å². The van der Waals surface area contributed by atoms with Gasteiger partial charge in [-0.3, -0.25) is 0 Å². The number of hydrogen-bond donors (Lipinski definition) is 1. The van der Waals surface area contributed by atoms with Gasteiger partial charge in [-0.1, -0.05) is 19.3 Å². The van der Waals surface area contributed by atoms with E-state index in [2.05, 4.69) is 17.1 Å². The van der Waals surface area contributed by atoms with Crippen molar-refractivity contribution < 1.29 is 0 Å². The van der Waals surface area contributed by atoms with Crippen LogP contribution < -0.4 is 5.32 Å². The molecule has 1 aliphatic heterocycles. The number of rotatable bonds is 3. The van der Waals surface area contributed by atoms with Gasteiger partial charge in [0.25, 0.3) is 0 Å². The second kappa shape index (κ2) is 6.02. The van der Waals surface area contributed by atoms with Gasteiger partial charge in [-0.25, -0.2) is 0 Å². The molecule has 0 aromatic carbocycles. The van der Waals surface area contributed by atoms with Crippen molar-refractivity contribution in [1.82, 2.24) is 5.32 Å². The molecule has 1 atom stereocenters. The summed E-state index contributed by atoms with van der Waals surface area (Å²) in [6.07, 6.45) is 10.3. The summed E-state index contributed by atoms with van der Waals surface area (Å²) >= 11 is 2.26. The van der Waals surface area contributed by atoms with Crippen LogP contribution in [0.25, 0.3) is 0 Å².